The van der Waals surface area contributed by atoms with Crippen molar-refractivity contribution in [3.8, 4) is 17.2 Å². The smallest absolute Gasteiger partial charge is 0.308 e. The molecule has 1 atom stereocenters. The van der Waals surface area contributed by atoms with Gasteiger partial charge >= 0.3 is 5.97 Å². The van der Waals surface area contributed by atoms with Crippen molar-refractivity contribution in [2.24, 2.45) is 5.92 Å². The van der Waals surface area contributed by atoms with Crippen molar-refractivity contribution in [2.75, 3.05) is 33.9 Å². The highest BCUT2D eigenvalue weighted by Gasteiger charge is 2.24. The summed E-state index contributed by atoms with van der Waals surface area (Å²) in [6.45, 7) is 2.49. The fourth-order valence-electron chi connectivity index (χ4n) is 2.19. The first-order chi connectivity index (χ1) is 10.4. The Morgan fingerprint density at radius 2 is 2.05 bits per heavy atom. The summed E-state index contributed by atoms with van der Waals surface area (Å²) in [5, 5.41) is 8.93. The quantitative estimate of drug-likeness (QED) is 0.881. The molecule has 0 saturated heterocycles. The van der Waals surface area contributed by atoms with Gasteiger partial charge in [-0.3, -0.25) is 9.59 Å². The van der Waals surface area contributed by atoms with Crippen molar-refractivity contribution in [1.82, 2.24) is 4.90 Å². The Bertz CT molecular complexity index is 568. The first-order valence-electron chi connectivity index (χ1n) is 6.90. The zero-order valence-electron chi connectivity index (χ0n) is 12.8. The molecule has 1 aliphatic heterocycles. The SMILES string of the molecule is COc1cc(C(=O)N(C)CC(C)C(=O)O)cc2c1OCCO2. The molecule has 120 valence electrons. The first kappa shape index (κ1) is 15.9. The summed E-state index contributed by atoms with van der Waals surface area (Å²) in [7, 11) is 3.04. The summed E-state index contributed by atoms with van der Waals surface area (Å²) in [4.78, 5) is 24.7. The van der Waals surface area contributed by atoms with E-state index in [0.717, 1.165) is 0 Å². The van der Waals surface area contributed by atoms with Gasteiger partial charge in [-0.25, -0.2) is 0 Å². The molecule has 1 amide bonds. The van der Waals surface area contributed by atoms with Crippen LogP contribution in [0.15, 0.2) is 12.1 Å². The molecule has 1 heterocycles. The van der Waals surface area contributed by atoms with Crippen molar-refractivity contribution in [3.63, 3.8) is 0 Å². The van der Waals surface area contributed by atoms with Crippen LogP contribution in [0.1, 0.15) is 17.3 Å². The zero-order valence-corrected chi connectivity index (χ0v) is 12.8. The number of nitrogens with zero attached hydrogens (tertiary/aromatic N) is 1. The first-order valence-corrected chi connectivity index (χ1v) is 6.90. The van der Waals surface area contributed by atoms with Gasteiger partial charge in [0.2, 0.25) is 5.75 Å². The maximum atomic E-state index is 12.4. The number of carbonyl (C=O) groups is 2. The van der Waals surface area contributed by atoms with Gasteiger partial charge in [-0.2, -0.15) is 0 Å². The number of aliphatic carboxylic acids is 1. The number of carboxylic acid groups (broad SMARTS) is 1. The van der Waals surface area contributed by atoms with E-state index in [1.54, 1.807) is 26.1 Å². The summed E-state index contributed by atoms with van der Waals surface area (Å²) in [6, 6.07) is 3.15. The molecule has 1 aromatic carbocycles. The number of hydrogen-bond acceptors (Lipinski definition) is 5. The highest BCUT2D eigenvalue weighted by molar-refractivity contribution is 5.95. The molecule has 0 radical (unpaired) electrons. The number of hydrogen-bond donors (Lipinski definition) is 1. The maximum Gasteiger partial charge on any atom is 0.308 e. The van der Waals surface area contributed by atoms with Crippen LogP contribution in [-0.4, -0.2) is 55.8 Å². The lowest BCUT2D eigenvalue weighted by Crippen LogP contribution is -2.33. The molecule has 22 heavy (non-hydrogen) atoms. The average Bonchev–Trinajstić information content (AvgIpc) is 2.52. The molecule has 0 spiro atoms. The molecule has 1 aliphatic rings. The topological polar surface area (TPSA) is 85.3 Å². The Labute approximate surface area is 128 Å². The Morgan fingerprint density at radius 3 is 2.68 bits per heavy atom. The predicted octanol–water partition coefficient (Wildman–Crippen LogP) is 1.26. The molecule has 0 aromatic heterocycles. The van der Waals surface area contributed by atoms with Gasteiger partial charge in [-0.15, -0.1) is 0 Å². The van der Waals surface area contributed by atoms with Gasteiger partial charge < -0.3 is 24.2 Å². The fourth-order valence-corrected chi connectivity index (χ4v) is 2.19. The molecule has 0 aliphatic carbocycles. The second kappa shape index (κ2) is 6.55. The summed E-state index contributed by atoms with van der Waals surface area (Å²) in [5.41, 5.74) is 0.362. The van der Waals surface area contributed by atoms with E-state index in [0.29, 0.717) is 36.0 Å². The number of benzene rings is 1. The van der Waals surface area contributed by atoms with E-state index in [1.165, 1.54) is 12.0 Å². The van der Waals surface area contributed by atoms with Crippen molar-refractivity contribution in [1.29, 1.82) is 0 Å². The van der Waals surface area contributed by atoms with E-state index in [2.05, 4.69) is 0 Å². The molecule has 2 rings (SSSR count). The second-order valence-corrected chi connectivity index (χ2v) is 5.13. The minimum atomic E-state index is -0.945. The molecule has 0 fully saturated rings. The van der Waals surface area contributed by atoms with E-state index in [4.69, 9.17) is 19.3 Å². The van der Waals surface area contributed by atoms with E-state index in [-0.39, 0.29) is 12.5 Å². The third-order valence-corrected chi connectivity index (χ3v) is 3.39. The van der Waals surface area contributed by atoms with Crippen molar-refractivity contribution in [3.05, 3.63) is 17.7 Å². The average molecular weight is 309 g/mol. The largest absolute Gasteiger partial charge is 0.493 e. The van der Waals surface area contributed by atoms with Crippen LogP contribution in [0.5, 0.6) is 17.2 Å². The van der Waals surface area contributed by atoms with Crippen LogP contribution in [0.4, 0.5) is 0 Å². The van der Waals surface area contributed by atoms with E-state index in [9.17, 15) is 9.59 Å². The standard InChI is InChI=1S/C15H19NO6/c1-9(15(18)19)8-16(2)14(17)10-6-11(20-3)13-12(7-10)21-4-5-22-13/h6-7,9H,4-5,8H2,1-3H3,(H,18,19). The summed E-state index contributed by atoms with van der Waals surface area (Å²) < 4.78 is 16.2. The van der Waals surface area contributed by atoms with Crippen LogP contribution in [0, 0.1) is 5.92 Å². The van der Waals surface area contributed by atoms with Gasteiger partial charge in [-0.05, 0) is 12.1 Å². The number of amides is 1. The predicted molar refractivity (Wildman–Crippen MR) is 77.7 cm³/mol. The van der Waals surface area contributed by atoms with Gasteiger partial charge in [-0.1, -0.05) is 6.92 Å². The van der Waals surface area contributed by atoms with Gasteiger partial charge in [0.15, 0.2) is 11.5 Å². The number of fused-ring (bicyclic) bond motifs is 1. The monoisotopic (exact) mass is 309 g/mol. The highest BCUT2D eigenvalue weighted by atomic mass is 16.6. The van der Waals surface area contributed by atoms with E-state index >= 15 is 0 Å². The van der Waals surface area contributed by atoms with Crippen LogP contribution in [0.3, 0.4) is 0 Å². The lowest BCUT2D eigenvalue weighted by atomic mass is 10.1. The molecule has 1 aromatic rings. The molecule has 7 heteroatoms. The van der Waals surface area contributed by atoms with E-state index < -0.39 is 11.9 Å². The Hall–Kier alpha value is -2.44. The maximum absolute atomic E-state index is 12.4. The fraction of sp³-hybridized carbons (Fsp3) is 0.467. The Kier molecular flexibility index (Phi) is 4.75. The molecule has 0 saturated carbocycles. The zero-order chi connectivity index (χ0) is 16.3. The van der Waals surface area contributed by atoms with Crippen molar-refractivity contribution in [2.45, 2.75) is 6.92 Å². The Morgan fingerprint density at radius 1 is 1.36 bits per heavy atom. The van der Waals surface area contributed by atoms with Gasteiger partial charge in [0.25, 0.3) is 5.91 Å². The lowest BCUT2D eigenvalue weighted by Gasteiger charge is -2.23. The third-order valence-electron chi connectivity index (χ3n) is 3.39. The van der Waals surface area contributed by atoms with Crippen LogP contribution < -0.4 is 14.2 Å². The molecule has 0 bridgehead atoms. The van der Waals surface area contributed by atoms with E-state index in [1.807, 2.05) is 0 Å². The molecule has 1 unspecified atom stereocenters. The number of carbonyl (C=O) groups excluding carboxylic acids is 1. The number of rotatable bonds is 5. The number of carboxylic acids is 1. The highest BCUT2D eigenvalue weighted by Crippen LogP contribution is 2.40. The number of ether oxygens (including phenoxy) is 3. The van der Waals surface area contributed by atoms with Gasteiger partial charge in [0.1, 0.15) is 13.2 Å². The summed E-state index contributed by atoms with van der Waals surface area (Å²) in [5.74, 6) is -0.545. The normalized spacial score (nSPS) is 14.1. The van der Waals surface area contributed by atoms with Crippen LogP contribution in [-0.2, 0) is 4.79 Å². The minimum absolute atomic E-state index is 0.116. The minimum Gasteiger partial charge on any atom is -0.493 e. The summed E-state index contributed by atoms with van der Waals surface area (Å²) in [6.07, 6.45) is 0. The molecular weight excluding hydrogens is 290 g/mol. The lowest BCUT2D eigenvalue weighted by molar-refractivity contribution is -0.141. The molecule has 7 nitrogen and oxygen atoms in total. The van der Waals surface area contributed by atoms with Gasteiger partial charge in [0, 0.05) is 19.2 Å². The van der Waals surface area contributed by atoms with Crippen LogP contribution >= 0.6 is 0 Å². The summed E-state index contributed by atoms with van der Waals surface area (Å²) >= 11 is 0. The van der Waals surface area contributed by atoms with Crippen LogP contribution in [0.25, 0.3) is 0 Å². The van der Waals surface area contributed by atoms with Crippen LogP contribution in [0.2, 0.25) is 0 Å². The third kappa shape index (κ3) is 3.24. The van der Waals surface area contributed by atoms with Crippen molar-refractivity contribution >= 4 is 11.9 Å². The Balaban J connectivity index is 2.24. The van der Waals surface area contributed by atoms with Gasteiger partial charge in [0.05, 0.1) is 13.0 Å². The number of methoxy groups -OCH3 is 1. The second-order valence-electron chi connectivity index (χ2n) is 5.13. The molecule has 1 N–H and O–H groups in total. The van der Waals surface area contributed by atoms with Crippen molar-refractivity contribution < 1.29 is 28.9 Å². The molecular formula is C15H19NO6.